The van der Waals surface area contributed by atoms with Crippen LogP contribution in [0.3, 0.4) is 0 Å². The van der Waals surface area contributed by atoms with Crippen LogP contribution in [0, 0.1) is 11.3 Å². The average Bonchev–Trinajstić information content (AvgIpc) is 3.25. The first-order chi connectivity index (χ1) is 15.9. The highest BCUT2D eigenvalue weighted by molar-refractivity contribution is 7.92. The zero-order valence-electron chi connectivity index (χ0n) is 16.9. The minimum atomic E-state index is -4.02. The number of fused-ring (bicyclic) bond motifs is 1. The van der Waals surface area contributed by atoms with Gasteiger partial charge in [0.25, 0.3) is 10.0 Å². The van der Waals surface area contributed by atoms with Gasteiger partial charge >= 0.3 is 0 Å². The number of nitriles is 1. The first-order valence-electron chi connectivity index (χ1n) is 9.84. The van der Waals surface area contributed by atoms with Crippen LogP contribution in [0.4, 0.5) is 5.69 Å². The van der Waals surface area contributed by atoms with E-state index in [1.807, 2.05) is 6.07 Å². The molecule has 0 aliphatic carbocycles. The van der Waals surface area contributed by atoms with Gasteiger partial charge in [0, 0.05) is 29.4 Å². The van der Waals surface area contributed by atoms with E-state index in [9.17, 15) is 13.7 Å². The number of rotatable bonds is 6. The summed E-state index contributed by atoms with van der Waals surface area (Å²) in [6.07, 6.45) is 1.65. The van der Waals surface area contributed by atoms with E-state index in [1.54, 1.807) is 30.5 Å². The summed E-state index contributed by atoms with van der Waals surface area (Å²) in [5, 5.41) is 20.1. The summed E-state index contributed by atoms with van der Waals surface area (Å²) in [6.45, 7) is 1.49. The predicted molar refractivity (Wildman–Crippen MR) is 121 cm³/mol. The molecule has 1 aliphatic rings. The fourth-order valence-corrected chi connectivity index (χ4v) is 4.72. The van der Waals surface area contributed by atoms with E-state index in [2.05, 4.69) is 30.2 Å². The number of halogens is 1. The summed E-state index contributed by atoms with van der Waals surface area (Å²) in [6, 6.07) is 12.5. The Morgan fingerprint density at radius 2 is 1.94 bits per heavy atom. The van der Waals surface area contributed by atoms with Gasteiger partial charge in [-0.05, 0) is 42.5 Å². The average molecular weight is 482 g/mol. The van der Waals surface area contributed by atoms with Crippen LogP contribution in [0.2, 0.25) is 5.02 Å². The van der Waals surface area contributed by atoms with Crippen molar-refractivity contribution in [1.82, 2.24) is 25.5 Å². The zero-order chi connectivity index (χ0) is 23.0. The molecular formula is C21H16ClN7O3S. The number of aromatic nitrogens is 4. The van der Waals surface area contributed by atoms with E-state index >= 15 is 0 Å². The Balaban J connectivity index is 1.43. The fraction of sp³-hybridized carbons (Fsp3) is 0.143. The minimum Gasteiger partial charge on any atom is -0.471 e. The number of aromatic amines is 1. The molecule has 10 nitrogen and oxygen atoms in total. The van der Waals surface area contributed by atoms with Gasteiger partial charge < -0.3 is 10.1 Å². The maximum atomic E-state index is 12.8. The molecule has 0 spiro atoms. The van der Waals surface area contributed by atoms with Crippen molar-refractivity contribution >= 4 is 38.3 Å². The van der Waals surface area contributed by atoms with Crippen LogP contribution in [0.1, 0.15) is 5.56 Å². The van der Waals surface area contributed by atoms with Gasteiger partial charge in [-0.1, -0.05) is 11.6 Å². The molecule has 33 heavy (non-hydrogen) atoms. The lowest BCUT2D eigenvalue weighted by Crippen LogP contribution is -2.50. The molecule has 2 aromatic carbocycles. The summed E-state index contributed by atoms with van der Waals surface area (Å²) >= 11 is 5.93. The second kappa shape index (κ2) is 8.32. The highest BCUT2D eigenvalue weighted by Gasteiger charge is 2.22. The van der Waals surface area contributed by atoms with E-state index in [1.165, 1.54) is 18.2 Å². The topological polar surface area (TPSA) is 146 Å². The third kappa shape index (κ3) is 4.19. The second-order valence-corrected chi connectivity index (χ2v) is 9.41. The maximum Gasteiger partial charge on any atom is 0.263 e. The number of sulfonamides is 1. The van der Waals surface area contributed by atoms with E-state index in [-0.39, 0.29) is 21.6 Å². The van der Waals surface area contributed by atoms with Gasteiger partial charge in [0.15, 0.2) is 11.5 Å². The monoisotopic (exact) mass is 481 g/mol. The largest absolute Gasteiger partial charge is 0.471 e. The summed E-state index contributed by atoms with van der Waals surface area (Å²) in [5.41, 5.74) is 1.50. The van der Waals surface area contributed by atoms with Gasteiger partial charge in [-0.3, -0.25) is 9.82 Å². The lowest BCUT2D eigenvalue weighted by Gasteiger charge is -2.27. The number of hydrogen-bond donors (Lipinski definition) is 3. The first kappa shape index (κ1) is 21.1. The third-order valence-electron chi connectivity index (χ3n) is 5.05. The van der Waals surface area contributed by atoms with Crippen LogP contribution in [-0.4, -0.2) is 47.8 Å². The Morgan fingerprint density at radius 1 is 1.15 bits per heavy atom. The van der Waals surface area contributed by atoms with Crippen molar-refractivity contribution in [2.75, 3.05) is 17.8 Å². The predicted octanol–water partition coefficient (Wildman–Crippen LogP) is 2.70. The molecule has 166 valence electrons. The summed E-state index contributed by atoms with van der Waals surface area (Å²) in [7, 11) is -4.02. The van der Waals surface area contributed by atoms with E-state index in [0.29, 0.717) is 34.0 Å². The number of benzene rings is 2. The lowest BCUT2D eigenvalue weighted by molar-refractivity contribution is 0.138. The summed E-state index contributed by atoms with van der Waals surface area (Å²) < 4.78 is 34.0. The SMILES string of the molecule is N#Cc1ccc(Cl)cc1S(=O)(=O)Nc1ccc(-c2nc(OC3CNC3)c3cn[nH]c3n2)cc1. The van der Waals surface area contributed by atoms with Crippen LogP contribution in [0.5, 0.6) is 5.88 Å². The quantitative estimate of drug-likeness (QED) is 0.381. The van der Waals surface area contributed by atoms with Gasteiger partial charge in [0.05, 0.1) is 11.8 Å². The van der Waals surface area contributed by atoms with Crippen LogP contribution in [-0.2, 0) is 10.0 Å². The number of anilines is 1. The molecule has 2 aromatic heterocycles. The van der Waals surface area contributed by atoms with Crippen molar-refractivity contribution < 1.29 is 13.2 Å². The standard InChI is InChI=1S/C21H16ClN7O3S/c22-14-4-1-13(8-23)18(7-14)33(30,31)29-15-5-2-12(3-6-15)19-26-20-17(11-25-28-20)21(27-19)32-16-9-24-10-16/h1-7,11,16,24,29H,9-10H2,(H,25,26,27,28). The fourth-order valence-electron chi connectivity index (χ4n) is 3.24. The minimum absolute atomic E-state index is 0.000952. The summed E-state index contributed by atoms with van der Waals surface area (Å²) in [5.74, 6) is 0.843. The second-order valence-electron chi connectivity index (χ2n) is 7.32. The van der Waals surface area contributed by atoms with Crippen molar-refractivity contribution in [2.45, 2.75) is 11.0 Å². The number of nitrogens with zero attached hydrogens (tertiary/aromatic N) is 4. The van der Waals surface area contributed by atoms with Crippen LogP contribution < -0.4 is 14.8 Å². The highest BCUT2D eigenvalue weighted by atomic mass is 35.5. The molecule has 5 rings (SSSR count). The molecule has 0 unspecified atom stereocenters. The zero-order valence-corrected chi connectivity index (χ0v) is 18.5. The molecule has 4 aromatic rings. The molecule has 0 atom stereocenters. The molecule has 1 saturated heterocycles. The molecule has 3 N–H and O–H groups in total. The number of ether oxygens (including phenoxy) is 1. The van der Waals surface area contributed by atoms with Crippen molar-refractivity contribution in [3.63, 3.8) is 0 Å². The lowest BCUT2D eigenvalue weighted by atomic mass is 10.2. The van der Waals surface area contributed by atoms with Crippen LogP contribution >= 0.6 is 11.6 Å². The molecule has 0 amide bonds. The van der Waals surface area contributed by atoms with Gasteiger partial charge in [0.1, 0.15) is 22.5 Å². The molecule has 3 heterocycles. The van der Waals surface area contributed by atoms with Gasteiger partial charge in [-0.15, -0.1) is 0 Å². The smallest absolute Gasteiger partial charge is 0.263 e. The van der Waals surface area contributed by atoms with Crippen molar-refractivity contribution in [3.8, 4) is 23.3 Å². The normalized spacial score (nSPS) is 13.9. The third-order valence-corrected chi connectivity index (χ3v) is 6.70. The molecule has 0 bridgehead atoms. The van der Waals surface area contributed by atoms with Crippen LogP contribution in [0.25, 0.3) is 22.4 Å². The Kier molecular flexibility index (Phi) is 5.33. The van der Waals surface area contributed by atoms with E-state index in [0.717, 1.165) is 13.1 Å². The number of hydrogen-bond acceptors (Lipinski definition) is 8. The Hall–Kier alpha value is -3.72. The number of H-pyrrole nitrogens is 1. The van der Waals surface area contributed by atoms with E-state index in [4.69, 9.17) is 16.3 Å². The van der Waals surface area contributed by atoms with Gasteiger partial charge in [0.2, 0.25) is 5.88 Å². The van der Waals surface area contributed by atoms with Gasteiger partial charge in [-0.25, -0.2) is 13.4 Å². The molecule has 12 heteroatoms. The molecule has 1 aliphatic heterocycles. The summed E-state index contributed by atoms with van der Waals surface area (Å²) in [4.78, 5) is 8.83. The first-order valence-corrected chi connectivity index (χ1v) is 11.7. The van der Waals surface area contributed by atoms with Gasteiger partial charge in [-0.2, -0.15) is 15.3 Å². The molecule has 1 fully saturated rings. The Labute approximate surface area is 193 Å². The van der Waals surface area contributed by atoms with Crippen molar-refractivity contribution in [2.24, 2.45) is 0 Å². The molecular weight excluding hydrogens is 466 g/mol. The highest BCUT2D eigenvalue weighted by Crippen LogP contribution is 2.28. The maximum absolute atomic E-state index is 12.8. The van der Waals surface area contributed by atoms with E-state index < -0.39 is 10.0 Å². The Morgan fingerprint density at radius 3 is 2.64 bits per heavy atom. The van der Waals surface area contributed by atoms with Crippen molar-refractivity contribution in [3.05, 3.63) is 59.2 Å². The number of nitrogens with one attached hydrogen (secondary N) is 3. The molecule has 0 saturated carbocycles. The van der Waals surface area contributed by atoms with Crippen molar-refractivity contribution in [1.29, 1.82) is 5.26 Å². The Bertz CT molecular complexity index is 1490. The molecule has 0 radical (unpaired) electrons. The van der Waals surface area contributed by atoms with Crippen LogP contribution in [0.15, 0.2) is 53.6 Å².